The maximum Gasteiger partial charge on any atom is 0.0564 e. The second kappa shape index (κ2) is 18.0. The molecule has 0 aromatic heterocycles. The van der Waals surface area contributed by atoms with Crippen molar-refractivity contribution in [1.82, 2.24) is 0 Å². The molecule has 3 aromatic carbocycles. The standard InChI is InChI=1S/3C10H14O/c3*1-9-4-2-5-10(8-9)6-3-7-11/h3*2,4-5,8,11H,3,6-7H2,1H3/i3D2,6D2,7D2;6D2,7D2;7D2. The van der Waals surface area contributed by atoms with Gasteiger partial charge in [-0.1, -0.05) is 89.5 Å². The molecule has 0 saturated carbocycles. The lowest BCUT2D eigenvalue weighted by molar-refractivity contribution is 0.288. The fourth-order valence-corrected chi connectivity index (χ4v) is 2.79. The van der Waals surface area contributed by atoms with Gasteiger partial charge in [-0.05, 0) is 75.8 Å². The minimum Gasteiger partial charge on any atom is -0.396 e. The fourth-order valence-electron chi connectivity index (χ4n) is 2.79. The van der Waals surface area contributed by atoms with Crippen LogP contribution in [0.2, 0.25) is 0 Å². The van der Waals surface area contributed by atoms with Gasteiger partial charge in [-0.2, -0.15) is 0 Å². The molecular formula is C30H42O3. The summed E-state index contributed by atoms with van der Waals surface area (Å²) in [4.78, 5) is 0. The molecule has 0 amide bonds. The number of hydrogen-bond donors (Lipinski definition) is 3. The molecule has 0 spiro atoms. The maximum absolute atomic E-state index is 9.13. The molecule has 0 saturated heterocycles. The highest BCUT2D eigenvalue weighted by atomic mass is 16.3. The van der Waals surface area contributed by atoms with E-state index in [1.54, 1.807) is 37.3 Å². The Labute approximate surface area is 217 Å². The molecule has 3 heteroatoms. The van der Waals surface area contributed by atoms with Crippen LogP contribution in [0.3, 0.4) is 0 Å². The van der Waals surface area contributed by atoms with Gasteiger partial charge in [-0.3, -0.25) is 0 Å². The summed E-state index contributed by atoms with van der Waals surface area (Å²) in [7, 11) is 0. The van der Waals surface area contributed by atoms with Crippen LogP contribution in [-0.4, -0.2) is 35.0 Å². The molecule has 0 aliphatic rings. The first-order valence-electron chi connectivity index (χ1n) is 16.5. The maximum atomic E-state index is 9.13. The van der Waals surface area contributed by atoms with Gasteiger partial charge in [0.2, 0.25) is 0 Å². The normalized spacial score (nSPS) is 18.0. The van der Waals surface area contributed by atoms with Crippen molar-refractivity contribution >= 4 is 0 Å². The molecule has 3 aromatic rings. The van der Waals surface area contributed by atoms with Gasteiger partial charge in [0.1, 0.15) is 0 Å². The SMILES string of the molecule is [2H]C([2H])(O)C([2H])([2H])C([2H])([2H])c1cccc(C)c1.[2H]C([2H])(O)CC([2H])([2H])c1cccc(C)c1.[2H]C([2H])(O)CCc1cccc(C)c1. The van der Waals surface area contributed by atoms with Gasteiger partial charge in [0, 0.05) is 27.9 Å². The Bertz CT molecular complexity index is 1360. The largest absolute Gasteiger partial charge is 0.396 e. The van der Waals surface area contributed by atoms with Crippen LogP contribution in [0.1, 0.15) is 69.0 Å². The van der Waals surface area contributed by atoms with Gasteiger partial charge in [-0.25, -0.2) is 0 Å². The van der Waals surface area contributed by atoms with Crippen molar-refractivity contribution in [3.63, 3.8) is 0 Å². The van der Waals surface area contributed by atoms with Crippen molar-refractivity contribution in [1.29, 1.82) is 0 Å². The number of aryl methyl sites for hydroxylation is 6. The van der Waals surface area contributed by atoms with E-state index in [-0.39, 0.29) is 12.0 Å². The highest BCUT2D eigenvalue weighted by molar-refractivity contribution is 5.23. The highest BCUT2D eigenvalue weighted by Crippen LogP contribution is 2.07. The predicted octanol–water partition coefficient (Wildman–Crippen LogP) is 5.76. The molecule has 3 rings (SSSR count). The second-order valence-electron chi connectivity index (χ2n) is 7.26. The summed E-state index contributed by atoms with van der Waals surface area (Å²) in [5.74, 6) is 0. The number of benzene rings is 3. The van der Waals surface area contributed by atoms with Gasteiger partial charge in [0.05, 0.1) is 8.22 Å². The van der Waals surface area contributed by atoms with Gasteiger partial charge in [0.15, 0.2) is 0 Å². The Kier molecular flexibility index (Phi) is 8.04. The van der Waals surface area contributed by atoms with E-state index in [0.29, 0.717) is 12.0 Å². The van der Waals surface area contributed by atoms with Crippen LogP contribution in [0, 0.1) is 20.8 Å². The van der Waals surface area contributed by atoms with Crippen molar-refractivity contribution in [3.05, 3.63) is 106 Å². The first-order chi connectivity index (χ1) is 20.2. The van der Waals surface area contributed by atoms with Crippen molar-refractivity contribution in [2.24, 2.45) is 0 Å². The topological polar surface area (TPSA) is 60.7 Å². The average Bonchev–Trinajstić information content (AvgIpc) is 2.86. The fraction of sp³-hybridized carbons (Fsp3) is 0.400. The van der Waals surface area contributed by atoms with Gasteiger partial charge >= 0.3 is 0 Å². The molecule has 0 aliphatic heterocycles. The predicted molar refractivity (Wildman–Crippen MR) is 140 cm³/mol. The summed E-state index contributed by atoms with van der Waals surface area (Å²) in [6.07, 6.45) is -7.37. The zero-order valence-electron chi connectivity index (χ0n) is 31.4. The molecule has 33 heavy (non-hydrogen) atoms. The Balaban J connectivity index is 0.000000341. The van der Waals surface area contributed by atoms with Crippen LogP contribution in [-0.2, 0) is 19.2 Å². The summed E-state index contributed by atoms with van der Waals surface area (Å²) < 4.78 is 87.6. The van der Waals surface area contributed by atoms with Crippen LogP contribution < -0.4 is 0 Å². The lowest BCUT2D eigenvalue weighted by Gasteiger charge is -1.99. The molecule has 0 unspecified atom stereocenters. The summed E-state index contributed by atoms with van der Waals surface area (Å²) >= 11 is 0. The molecule has 0 heterocycles. The van der Waals surface area contributed by atoms with E-state index < -0.39 is 45.2 Å². The number of aliphatic hydroxyl groups is 3. The molecule has 0 bridgehead atoms. The van der Waals surface area contributed by atoms with E-state index in [0.717, 1.165) is 22.3 Å². The Hall–Kier alpha value is -2.46. The Morgan fingerprint density at radius 1 is 0.576 bits per heavy atom. The van der Waals surface area contributed by atoms with E-state index in [4.69, 9.17) is 31.8 Å². The highest BCUT2D eigenvalue weighted by Gasteiger charge is 1.93. The Morgan fingerprint density at radius 3 is 1.48 bits per heavy atom. The number of rotatable bonds is 9. The zero-order chi connectivity index (χ0) is 35.1. The van der Waals surface area contributed by atoms with Crippen molar-refractivity contribution in [3.8, 4) is 0 Å². The van der Waals surface area contributed by atoms with E-state index in [9.17, 15) is 0 Å². The first-order valence-corrected chi connectivity index (χ1v) is 10.5. The van der Waals surface area contributed by atoms with E-state index >= 15 is 0 Å². The molecule has 0 aliphatic carbocycles. The average molecular weight is 463 g/mol. The van der Waals surface area contributed by atoms with Crippen molar-refractivity contribution < 1.29 is 31.8 Å². The summed E-state index contributed by atoms with van der Waals surface area (Å²) in [5, 5.41) is 27.0. The monoisotopic (exact) mass is 462 g/mol. The van der Waals surface area contributed by atoms with Crippen LogP contribution in [0.25, 0.3) is 0 Å². The quantitative estimate of drug-likeness (QED) is 0.379. The van der Waals surface area contributed by atoms with Crippen LogP contribution in [0.5, 0.6) is 0 Å². The third kappa shape index (κ3) is 14.3. The smallest absolute Gasteiger partial charge is 0.0564 e. The molecule has 0 atom stereocenters. The van der Waals surface area contributed by atoms with Crippen LogP contribution in [0.4, 0.5) is 0 Å². The van der Waals surface area contributed by atoms with Gasteiger partial charge < -0.3 is 15.3 Å². The lowest BCUT2D eigenvalue weighted by Crippen LogP contribution is -1.89. The third-order valence-electron chi connectivity index (χ3n) is 4.28. The van der Waals surface area contributed by atoms with E-state index in [1.165, 1.54) is 12.1 Å². The zero-order valence-corrected chi connectivity index (χ0v) is 19.4. The molecule has 0 fully saturated rings. The number of hydrogen-bond acceptors (Lipinski definition) is 3. The summed E-state index contributed by atoms with van der Waals surface area (Å²) in [5.41, 5.74) is 4.27. The minimum absolute atomic E-state index is 0.000394. The van der Waals surface area contributed by atoms with E-state index in [2.05, 4.69) is 0 Å². The first kappa shape index (κ1) is 14.7. The Morgan fingerprint density at radius 2 is 1.03 bits per heavy atom. The van der Waals surface area contributed by atoms with Crippen molar-refractivity contribution in [2.75, 3.05) is 19.7 Å². The van der Waals surface area contributed by atoms with E-state index in [1.807, 2.05) is 44.2 Å². The molecule has 0 radical (unpaired) electrons. The van der Waals surface area contributed by atoms with Crippen LogP contribution >= 0.6 is 0 Å². The third-order valence-corrected chi connectivity index (χ3v) is 4.28. The van der Waals surface area contributed by atoms with Crippen LogP contribution in [0.15, 0.2) is 72.8 Å². The lowest BCUT2D eigenvalue weighted by atomic mass is 10.1. The van der Waals surface area contributed by atoms with Gasteiger partial charge in [-0.15, -0.1) is 0 Å². The molecule has 3 nitrogen and oxygen atoms in total. The van der Waals surface area contributed by atoms with Gasteiger partial charge in [0.25, 0.3) is 0 Å². The summed E-state index contributed by atoms with van der Waals surface area (Å²) in [6, 6.07) is 20.8. The molecule has 3 N–H and O–H groups in total. The molecule has 180 valence electrons. The second-order valence-corrected chi connectivity index (χ2v) is 7.26. The molecular weight excluding hydrogens is 408 g/mol. The van der Waals surface area contributed by atoms with Crippen molar-refractivity contribution in [2.45, 2.75) is 59.2 Å². The minimum atomic E-state index is -3.26. The summed E-state index contributed by atoms with van der Waals surface area (Å²) in [6.45, 7) is -2.25.